The van der Waals surface area contributed by atoms with Crippen LogP contribution in [0.4, 0.5) is 4.39 Å². The molecule has 3 rings (SSSR count). The predicted octanol–water partition coefficient (Wildman–Crippen LogP) is 4.23. The maximum Gasteiger partial charge on any atom is 0.257 e. The van der Waals surface area contributed by atoms with Gasteiger partial charge in [0.1, 0.15) is 18.1 Å². The molecule has 7 heteroatoms. The van der Waals surface area contributed by atoms with Gasteiger partial charge in [0.25, 0.3) is 5.91 Å². The highest BCUT2D eigenvalue weighted by molar-refractivity contribution is 5.97. The minimum Gasteiger partial charge on any atom is -0.467 e. The molecule has 1 unspecified atom stereocenters. The molecule has 0 saturated carbocycles. The maximum absolute atomic E-state index is 14.3. The summed E-state index contributed by atoms with van der Waals surface area (Å²) in [4.78, 5) is 29.5. The van der Waals surface area contributed by atoms with Gasteiger partial charge in [-0.1, -0.05) is 19.1 Å². The molecule has 2 heterocycles. The smallest absolute Gasteiger partial charge is 0.257 e. The Morgan fingerprint density at radius 2 is 1.87 bits per heavy atom. The molecule has 1 aromatic carbocycles. The van der Waals surface area contributed by atoms with Crippen molar-refractivity contribution in [3.05, 3.63) is 83.8 Å². The molecule has 0 fully saturated rings. The van der Waals surface area contributed by atoms with Crippen LogP contribution in [0.2, 0.25) is 0 Å². The van der Waals surface area contributed by atoms with E-state index in [-0.39, 0.29) is 30.6 Å². The Morgan fingerprint density at radius 3 is 2.48 bits per heavy atom. The second-order valence-corrected chi connectivity index (χ2v) is 7.61. The van der Waals surface area contributed by atoms with Crippen LogP contribution in [0.5, 0.6) is 0 Å². The SMILES string of the molecule is CCC(C)N(CC(=O)N(Cc1ccco1)Cc1cccn1C)C(=O)c1ccccc1F. The van der Waals surface area contributed by atoms with Crippen LogP contribution >= 0.6 is 0 Å². The fourth-order valence-electron chi connectivity index (χ4n) is 3.36. The van der Waals surface area contributed by atoms with E-state index in [0.29, 0.717) is 18.7 Å². The van der Waals surface area contributed by atoms with Crippen LogP contribution in [0.15, 0.2) is 65.4 Å². The van der Waals surface area contributed by atoms with E-state index < -0.39 is 11.7 Å². The van der Waals surface area contributed by atoms with Gasteiger partial charge in [0, 0.05) is 25.0 Å². The third-order valence-corrected chi connectivity index (χ3v) is 5.48. The zero-order valence-corrected chi connectivity index (χ0v) is 18.1. The quantitative estimate of drug-likeness (QED) is 0.516. The van der Waals surface area contributed by atoms with Gasteiger partial charge in [0.05, 0.1) is 24.9 Å². The van der Waals surface area contributed by atoms with Crippen LogP contribution in [-0.4, -0.2) is 38.8 Å². The van der Waals surface area contributed by atoms with Gasteiger partial charge in [0.2, 0.25) is 5.91 Å². The summed E-state index contributed by atoms with van der Waals surface area (Å²) in [5.74, 6) is -0.664. The molecule has 0 spiro atoms. The van der Waals surface area contributed by atoms with Crippen LogP contribution < -0.4 is 0 Å². The Balaban J connectivity index is 1.84. The third-order valence-electron chi connectivity index (χ3n) is 5.48. The topological polar surface area (TPSA) is 58.7 Å². The van der Waals surface area contributed by atoms with Gasteiger partial charge in [-0.05, 0) is 49.7 Å². The monoisotopic (exact) mass is 425 g/mol. The van der Waals surface area contributed by atoms with E-state index in [1.807, 2.05) is 49.9 Å². The molecule has 3 aromatic rings. The minimum absolute atomic E-state index is 0.0318. The first kappa shape index (κ1) is 22.3. The zero-order valence-electron chi connectivity index (χ0n) is 18.1. The van der Waals surface area contributed by atoms with Crippen molar-refractivity contribution >= 4 is 11.8 Å². The van der Waals surface area contributed by atoms with Crippen molar-refractivity contribution in [1.82, 2.24) is 14.4 Å². The first-order valence-electron chi connectivity index (χ1n) is 10.4. The van der Waals surface area contributed by atoms with Gasteiger partial charge < -0.3 is 18.8 Å². The average Bonchev–Trinajstić information content (AvgIpc) is 3.42. The molecule has 0 N–H and O–H groups in total. The second-order valence-electron chi connectivity index (χ2n) is 7.61. The molecule has 164 valence electrons. The lowest BCUT2D eigenvalue weighted by Gasteiger charge is -2.31. The lowest BCUT2D eigenvalue weighted by molar-refractivity contribution is -0.134. The first-order chi connectivity index (χ1) is 14.9. The number of carbonyl (C=O) groups excluding carboxylic acids is 2. The fraction of sp³-hybridized carbons (Fsp3) is 0.333. The van der Waals surface area contributed by atoms with Crippen molar-refractivity contribution in [2.75, 3.05) is 6.54 Å². The Morgan fingerprint density at radius 1 is 1.10 bits per heavy atom. The normalized spacial score (nSPS) is 11.9. The van der Waals surface area contributed by atoms with Gasteiger partial charge >= 0.3 is 0 Å². The fourth-order valence-corrected chi connectivity index (χ4v) is 3.36. The number of carbonyl (C=O) groups is 2. The number of benzene rings is 1. The number of aryl methyl sites for hydroxylation is 1. The minimum atomic E-state index is -0.593. The van der Waals surface area contributed by atoms with E-state index in [1.165, 1.54) is 23.1 Å². The molecule has 2 amide bonds. The number of rotatable bonds is 9. The Labute approximate surface area is 181 Å². The molecule has 6 nitrogen and oxygen atoms in total. The van der Waals surface area contributed by atoms with E-state index in [9.17, 15) is 14.0 Å². The highest BCUT2D eigenvalue weighted by Crippen LogP contribution is 2.17. The summed E-state index contributed by atoms with van der Waals surface area (Å²) in [7, 11) is 1.91. The van der Waals surface area contributed by atoms with Crippen LogP contribution in [0.3, 0.4) is 0 Å². The maximum atomic E-state index is 14.3. The van der Waals surface area contributed by atoms with Gasteiger partial charge in [-0.15, -0.1) is 0 Å². The van der Waals surface area contributed by atoms with Crippen LogP contribution in [0, 0.1) is 5.82 Å². The van der Waals surface area contributed by atoms with Crippen LogP contribution in [0.25, 0.3) is 0 Å². The van der Waals surface area contributed by atoms with Crippen LogP contribution in [0.1, 0.15) is 42.1 Å². The number of aromatic nitrogens is 1. The first-order valence-corrected chi connectivity index (χ1v) is 10.4. The second kappa shape index (κ2) is 10.1. The van der Waals surface area contributed by atoms with Crippen molar-refractivity contribution in [2.45, 2.75) is 39.4 Å². The molecular formula is C24H28FN3O3. The summed E-state index contributed by atoms with van der Waals surface area (Å²) in [6.07, 6.45) is 4.12. The summed E-state index contributed by atoms with van der Waals surface area (Å²) in [5, 5.41) is 0. The van der Waals surface area contributed by atoms with E-state index in [1.54, 1.807) is 23.3 Å². The van der Waals surface area contributed by atoms with Gasteiger partial charge in [0.15, 0.2) is 0 Å². The Hall–Kier alpha value is -3.35. The molecule has 0 aliphatic carbocycles. The molecule has 31 heavy (non-hydrogen) atoms. The third kappa shape index (κ3) is 5.42. The number of halogens is 1. The Kier molecular flexibility index (Phi) is 7.28. The van der Waals surface area contributed by atoms with Crippen molar-refractivity contribution < 1.29 is 18.4 Å². The number of hydrogen-bond acceptors (Lipinski definition) is 3. The van der Waals surface area contributed by atoms with E-state index in [4.69, 9.17) is 4.42 Å². The molecule has 0 aliphatic rings. The zero-order chi connectivity index (χ0) is 22.4. The lowest BCUT2D eigenvalue weighted by Crippen LogP contribution is -2.46. The largest absolute Gasteiger partial charge is 0.467 e. The molecule has 0 saturated heterocycles. The number of nitrogens with zero attached hydrogens (tertiary/aromatic N) is 3. The van der Waals surface area contributed by atoms with Crippen molar-refractivity contribution in [3.8, 4) is 0 Å². The van der Waals surface area contributed by atoms with Gasteiger partial charge in [-0.2, -0.15) is 0 Å². The van der Waals surface area contributed by atoms with Gasteiger partial charge in [-0.3, -0.25) is 9.59 Å². The molecule has 0 aliphatic heterocycles. The number of amides is 2. The highest BCUT2D eigenvalue weighted by atomic mass is 19.1. The molecular weight excluding hydrogens is 397 g/mol. The van der Waals surface area contributed by atoms with E-state index in [0.717, 1.165) is 5.69 Å². The predicted molar refractivity (Wildman–Crippen MR) is 116 cm³/mol. The molecule has 0 bridgehead atoms. The summed E-state index contributed by atoms with van der Waals surface area (Å²) < 4.78 is 21.6. The standard InChI is InChI=1S/C24H28FN3O3/c1-4-18(2)28(24(30)21-11-5-6-12-22(21)25)17-23(29)27(16-20-10-8-14-31-20)15-19-9-7-13-26(19)3/h5-14,18H,4,15-17H2,1-3H3. The van der Waals surface area contributed by atoms with Gasteiger partial charge in [-0.25, -0.2) is 4.39 Å². The van der Waals surface area contributed by atoms with Crippen molar-refractivity contribution in [3.63, 3.8) is 0 Å². The molecule has 0 radical (unpaired) electrons. The van der Waals surface area contributed by atoms with Crippen molar-refractivity contribution in [2.24, 2.45) is 7.05 Å². The van der Waals surface area contributed by atoms with E-state index >= 15 is 0 Å². The summed E-state index contributed by atoms with van der Waals surface area (Å²) in [6.45, 7) is 4.29. The van der Waals surface area contributed by atoms with Crippen LogP contribution in [-0.2, 0) is 24.9 Å². The molecule has 2 aromatic heterocycles. The summed E-state index contributed by atoms with van der Waals surface area (Å²) >= 11 is 0. The number of furan rings is 1. The number of hydrogen-bond donors (Lipinski definition) is 0. The Bertz CT molecular complexity index is 1010. The summed E-state index contributed by atoms with van der Waals surface area (Å²) in [6, 6.07) is 13.1. The van der Waals surface area contributed by atoms with E-state index in [2.05, 4.69) is 0 Å². The average molecular weight is 426 g/mol. The molecule has 1 atom stereocenters. The van der Waals surface area contributed by atoms with Crippen molar-refractivity contribution in [1.29, 1.82) is 0 Å². The lowest BCUT2D eigenvalue weighted by atomic mass is 10.1. The summed E-state index contributed by atoms with van der Waals surface area (Å²) in [5.41, 5.74) is 0.922. The highest BCUT2D eigenvalue weighted by Gasteiger charge is 2.27.